The van der Waals surface area contributed by atoms with Gasteiger partial charge in [-0.1, -0.05) is 291 Å². The fourth-order valence-electron chi connectivity index (χ4n) is 13.8. The van der Waals surface area contributed by atoms with Crippen LogP contribution in [-0.2, 0) is 0 Å². The summed E-state index contributed by atoms with van der Waals surface area (Å²) in [4.78, 5) is 0. The molecule has 0 amide bonds. The Balaban J connectivity index is 0.996. The maximum absolute atomic E-state index is 3.00. The van der Waals surface area contributed by atoms with Crippen LogP contribution >= 0.6 is 0 Å². The lowest BCUT2D eigenvalue weighted by Gasteiger charge is -2.35. The molecule has 0 N–H and O–H groups in total. The van der Waals surface area contributed by atoms with Crippen LogP contribution in [0.25, 0.3) is 77.2 Å². The van der Waals surface area contributed by atoms with Crippen molar-refractivity contribution in [3.05, 3.63) is 340 Å². The highest BCUT2D eigenvalue weighted by atomic mass is 28.3. The number of benzene rings is 13. The first kappa shape index (κ1) is 49.0. The first-order chi connectivity index (χ1) is 40.7. The lowest BCUT2D eigenvalue weighted by Crippen LogP contribution is -2.74. The van der Waals surface area contributed by atoms with E-state index in [0.29, 0.717) is 0 Å². The van der Waals surface area contributed by atoms with Crippen LogP contribution in [0.3, 0.4) is 0 Å². The molecule has 0 fully saturated rings. The molecular weight excluding hydrogens is 1020 g/mol. The highest BCUT2D eigenvalue weighted by molar-refractivity contribution is 7.21. The first-order valence-corrected chi connectivity index (χ1v) is 32.4. The summed E-state index contributed by atoms with van der Waals surface area (Å²) in [6.45, 7) is 0. The van der Waals surface area contributed by atoms with Crippen molar-refractivity contribution in [3.63, 3.8) is 0 Å². The van der Waals surface area contributed by atoms with Crippen LogP contribution in [0.2, 0.25) is 0 Å². The van der Waals surface area contributed by atoms with Gasteiger partial charge in [-0.25, -0.2) is 0 Å². The largest absolute Gasteiger partial charge is 0.309 e. The quantitative estimate of drug-likeness (QED) is 0.0852. The monoisotopic (exact) mass is 1080 g/mol. The summed E-state index contributed by atoms with van der Waals surface area (Å²) >= 11 is 0. The van der Waals surface area contributed by atoms with Crippen LogP contribution in [0.1, 0.15) is 0 Å². The second-order valence-electron chi connectivity index (χ2n) is 21.5. The Morgan fingerprint density at radius 2 is 0.598 bits per heavy atom. The highest BCUT2D eigenvalue weighted by Gasteiger charge is 2.44. The van der Waals surface area contributed by atoms with Crippen molar-refractivity contribution in [2.24, 2.45) is 0 Å². The molecule has 0 aliphatic carbocycles. The molecule has 0 aliphatic rings. The van der Waals surface area contributed by atoms with Gasteiger partial charge in [-0.2, -0.15) is 0 Å². The van der Waals surface area contributed by atoms with Crippen LogP contribution in [0.4, 0.5) is 0 Å². The summed E-state index contributed by atoms with van der Waals surface area (Å²) in [6, 6.07) is 127. The zero-order valence-corrected chi connectivity index (χ0v) is 47.2. The van der Waals surface area contributed by atoms with Crippen molar-refractivity contribution < 1.29 is 0 Å². The Hall–Kier alpha value is -10.1. The van der Waals surface area contributed by atoms with Crippen molar-refractivity contribution in [2.45, 2.75) is 0 Å². The Morgan fingerprint density at radius 1 is 0.207 bits per heavy atom. The van der Waals surface area contributed by atoms with E-state index in [4.69, 9.17) is 0 Å². The lowest BCUT2D eigenvalue weighted by molar-refractivity contribution is 1.17. The van der Waals surface area contributed by atoms with E-state index in [9.17, 15) is 0 Å². The third-order valence-electron chi connectivity index (χ3n) is 17.2. The summed E-state index contributed by atoms with van der Waals surface area (Å²) in [6.07, 6.45) is 0. The van der Waals surface area contributed by atoms with E-state index in [1.807, 2.05) is 0 Å². The molecule has 82 heavy (non-hydrogen) atoms. The molecule has 2 heterocycles. The number of hydrogen-bond acceptors (Lipinski definition) is 0. The molecule has 13 aromatic carbocycles. The average Bonchev–Trinajstić information content (AvgIpc) is 3.91. The van der Waals surface area contributed by atoms with Gasteiger partial charge in [0.05, 0.1) is 22.1 Å². The van der Waals surface area contributed by atoms with Crippen LogP contribution < -0.4 is 41.5 Å². The van der Waals surface area contributed by atoms with Crippen LogP contribution in [0, 0.1) is 0 Å². The minimum Gasteiger partial charge on any atom is -0.309 e. The molecule has 0 spiro atoms. The molecule has 0 bridgehead atoms. The second kappa shape index (κ2) is 20.5. The van der Waals surface area contributed by atoms with E-state index >= 15 is 0 Å². The van der Waals surface area contributed by atoms with Gasteiger partial charge in [0.15, 0.2) is 16.1 Å². The van der Waals surface area contributed by atoms with Crippen LogP contribution in [-0.4, -0.2) is 25.3 Å². The average molecular weight is 1080 g/mol. The molecule has 4 heteroatoms. The Labute approximate surface area is 480 Å². The van der Waals surface area contributed by atoms with E-state index < -0.39 is 16.1 Å². The molecule has 0 saturated carbocycles. The second-order valence-corrected chi connectivity index (χ2v) is 29.1. The molecule has 0 saturated heterocycles. The topological polar surface area (TPSA) is 9.86 Å². The summed E-state index contributed by atoms with van der Waals surface area (Å²) < 4.78 is 5.06. The van der Waals surface area contributed by atoms with Gasteiger partial charge >= 0.3 is 0 Å². The fourth-order valence-corrected chi connectivity index (χ4v) is 23.6. The summed E-state index contributed by atoms with van der Waals surface area (Å²) in [5, 5.41) is 15.8. The van der Waals surface area contributed by atoms with E-state index in [1.54, 1.807) is 0 Å². The van der Waals surface area contributed by atoms with Gasteiger partial charge in [0, 0.05) is 32.9 Å². The van der Waals surface area contributed by atoms with Gasteiger partial charge in [-0.15, -0.1) is 0 Å². The maximum atomic E-state index is 2.53. The molecule has 15 aromatic rings. The third-order valence-corrected chi connectivity index (χ3v) is 26.8. The fraction of sp³-hybridized carbons (Fsp3) is 0. The van der Waals surface area contributed by atoms with Gasteiger partial charge in [0.25, 0.3) is 0 Å². The smallest absolute Gasteiger partial charge is 0.180 e. The van der Waals surface area contributed by atoms with Crippen molar-refractivity contribution in [1.29, 1.82) is 0 Å². The number of hydrogen-bond donors (Lipinski definition) is 0. The summed E-state index contributed by atoms with van der Waals surface area (Å²) in [5.41, 5.74) is 11.8. The number of rotatable bonds is 12. The van der Waals surface area contributed by atoms with Crippen LogP contribution in [0.15, 0.2) is 340 Å². The Bertz CT molecular complexity index is 4630. The summed E-state index contributed by atoms with van der Waals surface area (Å²) in [7, 11) is -5.95. The van der Waals surface area contributed by atoms with E-state index in [-0.39, 0.29) is 0 Å². The number of fused-ring (bicyclic) bond motifs is 6. The maximum Gasteiger partial charge on any atom is 0.180 e. The molecular formula is C78H56N2Si2. The number of aromatic nitrogens is 2. The van der Waals surface area contributed by atoms with Gasteiger partial charge in [0.2, 0.25) is 0 Å². The number of nitrogens with zero attached hydrogens (tertiary/aromatic N) is 2. The Kier molecular flexibility index (Phi) is 12.3. The number of para-hydroxylation sites is 1. The normalized spacial score (nSPS) is 11.9. The molecule has 386 valence electrons. The van der Waals surface area contributed by atoms with Crippen LogP contribution in [0.5, 0.6) is 0 Å². The minimum absolute atomic E-state index is 1.12. The first-order valence-electron chi connectivity index (χ1n) is 28.4. The zero-order valence-electron chi connectivity index (χ0n) is 45.2. The molecule has 0 unspecified atom stereocenters. The van der Waals surface area contributed by atoms with Gasteiger partial charge in [0.1, 0.15) is 0 Å². The molecule has 0 radical (unpaired) electrons. The van der Waals surface area contributed by atoms with Crippen molar-refractivity contribution >= 4 is 101 Å². The highest BCUT2D eigenvalue weighted by Crippen LogP contribution is 2.41. The molecule has 0 atom stereocenters. The molecule has 15 rings (SSSR count). The third kappa shape index (κ3) is 7.83. The molecule has 0 aliphatic heterocycles. The van der Waals surface area contributed by atoms with Crippen molar-refractivity contribution in [1.82, 2.24) is 9.13 Å². The van der Waals surface area contributed by atoms with E-state index in [2.05, 4.69) is 349 Å². The van der Waals surface area contributed by atoms with Crippen molar-refractivity contribution in [2.75, 3.05) is 0 Å². The standard InChI is InChI=1S/C78H56N2Si2/c1-8-28-57(29-9-1)59-32-24-44-67(54-59)81(62-34-12-3-13-35-62,63-36-14-4-15-37-63)68-45-25-33-60(55-68)79-73-53-52-61(56-71(73)77-69(47-26-49-74(77)79)58-30-10-2-11-31-58)80-72-48-23-22-46-70(72)78-75(80)50-27-51-76(78)82(64-38-16-5-17-39-64,65-40-18-6-19-41-65)66-42-20-7-21-43-66/h1-56H. The molecule has 2 nitrogen and oxygen atoms in total. The SMILES string of the molecule is c1ccc(-c2cccc([Si](c3ccccc3)(c3ccccc3)c3cccc(-n4c5ccc(-n6c7ccccc7c7c([Si](c8ccccc8)(c8ccccc8)c8ccccc8)cccc76)cc5c5c(-c6ccccc6)cccc54)c3)c2)cc1. The Morgan fingerprint density at radius 3 is 1.17 bits per heavy atom. The summed E-state index contributed by atoms with van der Waals surface area (Å²) in [5.74, 6) is 0. The van der Waals surface area contributed by atoms with Gasteiger partial charge in [-0.05, 0) is 112 Å². The zero-order chi connectivity index (χ0) is 54.5. The minimum atomic E-state index is -3.00. The predicted octanol–water partition coefficient (Wildman–Crippen LogP) is 14.0. The van der Waals surface area contributed by atoms with Gasteiger partial charge < -0.3 is 9.13 Å². The van der Waals surface area contributed by atoms with Gasteiger partial charge in [-0.3, -0.25) is 0 Å². The van der Waals surface area contributed by atoms with Crippen molar-refractivity contribution in [3.8, 4) is 33.6 Å². The lowest BCUT2D eigenvalue weighted by atomic mass is 9.99. The van der Waals surface area contributed by atoms with E-state index in [0.717, 1.165) is 22.4 Å². The molecule has 2 aromatic heterocycles. The van der Waals surface area contributed by atoms with E-state index in [1.165, 1.54) is 96.3 Å². The predicted molar refractivity (Wildman–Crippen MR) is 353 cm³/mol.